The lowest BCUT2D eigenvalue weighted by Gasteiger charge is -2.37. The standard InChI is InChI=1S/C34H48N4O6/c1-3-16-36(20-19-35-21-24-43-25-22-35)33(42)30-34-15-14-27(44-34)28(29(34)32(41)38(30)18-10-5-6-11-23-39)31(40)37(17-4-2)26-12-8-7-9-13-26/h3-4,7-9,12-13,27-30,39H,1-2,5-6,10-11,14-25H2/t27-,28+,29-,30?,34?/m0/s1. The number of carbonyl (C=O) groups excluding carboxylic acids is 3. The van der Waals surface area contributed by atoms with Crippen LogP contribution < -0.4 is 4.90 Å². The summed E-state index contributed by atoms with van der Waals surface area (Å²) in [6, 6.07) is 8.64. The van der Waals surface area contributed by atoms with E-state index in [-0.39, 0.29) is 24.3 Å². The summed E-state index contributed by atoms with van der Waals surface area (Å²) >= 11 is 0. The lowest BCUT2D eigenvalue weighted by molar-refractivity contribution is -0.148. The monoisotopic (exact) mass is 608 g/mol. The quantitative estimate of drug-likeness (QED) is 0.227. The first-order valence-electron chi connectivity index (χ1n) is 16.2. The Kier molecular flexibility index (Phi) is 10.9. The molecule has 1 aromatic carbocycles. The summed E-state index contributed by atoms with van der Waals surface area (Å²) in [5.41, 5.74) is -0.299. The third kappa shape index (κ3) is 6.36. The summed E-state index contributed by atoms with van der Waals surface area (Å²) in [6.45, 7) is 13.2. The Labute approximate surface area is 261 Å². The molecule has 3 amide bonds. The summed E-state index contributed by atoms with van der Waals surface area (Å²) < 4.78 is 12.2. The minimum atomic E-state index is -1.04. The molecule has 1 aromatic rings. The van der Waals surface area contributed by atoms with E-state index in [1.54, 1.807) is 26.9 Å². The van der Waals surface area contributed by atoms with Gasteiger partial charge in [-0.25, -0.2) is 0 Å². The molecule has 0 radical (unpaired) electrons. The average Bonchev–Trinajstić information content (AvgIpc) is 3.69. The lowest BCUT2D eigenvalue weighted by atomic mass is 9.70. The van der Waals surface area contributed by atoms with E-state index in [9.17, 15) is 19.5 Å². The number of hydrogen-bond acceptors (Lipinski definition) is 7. The van der Waals surface area contributed by atoms with Crippen molar-refractivity contribution in [3.63, 3.8) is 0 Å². The van der Waals surface area contributed by atoms with Crippen LogP contribution in [-0.4, -0.2) is 121 Å². The molecule has 0 aliphatic carbocycles. The summed E-state index contributed by atoms with van der Waals surface area (Å²) in [5, 5.41) is 9.22. The SMILES string of the molecule is C=CCN(CCN1CCOCC1)C(=O)C1N(CCCCCCO)C(=O)[C@@H]2[C@H](C(=O)N(CC=C)c3ccccc3)[C@@H]3CCC12O3. The second-order valence-corrected chi connectivity index (χ2v) is 12.3. The van der Waals surface area contributed by atoms with Crippen molar-refractivity contribution in [3.8, 4) is 0 Å². The zero-order chi connectivity index (χ0) is 31.1. The van der Waals surface area contributed by atoms with Gasteiger partial charge in [-0.15, -0.1) is 13.2 Å². The Hall–Kier alpha value is -3.05. The van der Waals surface area contributed by atoms with Gasteiger partial charge in [-0.05, 0) is 37.8 Å². The normalized spacial score (nSPS) is 27.8. The van der Waals surface area contributed by atoms with Gasteiger partial charge in [-0.2, -0.15) is 0 Å². The molecular formula is C34H48N4O6. The molecule has 44 heavy (non-hydrogen) atoms. The molecular weight excluding hydrogens is 560 g/mol. The van der Waals surface area contributed by atoms with Crippen LogP contribution in [0.1, 0.15) is 38.5 Å². The Balaban J connectivity index is 1.44. The van der Waals surface area contributed by atoms with Crippen LogP contribution in [-0.2, 0) is 23.9 Å². The molecule has 0 aromatic heterocycles. The van der Waals surface area contributed by atoms with Crippen molar-refractivity contribution in [1.82, 2.24) is 14.7 Å². The van der Waals surface area contributed by atoms with Crippen molar-refractivity contribution in [2.45, 2.75) is 56.3 Å². The van der Waals surface area contributed by atoms with E-state index in [4.69, 9.17) is 9.47 Å². The molecule has 5 rings (SSSR count). The second-order valence-electron chi connectivity index (χ2n) is 12.3. The highest BCUT2D eigenvalue weighted by molar-refractivity contribution is 6.03. The van der Waals surface area contributed by atoms with Crippen LogP contribution in [0.2, 0.25) is 0 Å². The lowest BCUT2D eigenvalue weighted by Crippen LogP contribution is -2.57. The first-order chi connectivity index (χ1) is 21.5. The van der Waals surface area contributed by atoms with E-state index in [0.29, 0.717) is 71.6 Å². The number of aliphatic hydroxyl groups is 1. The van der Waals surface area contributed by atoms with Gasteiger partial charge < -0.3 is 29.3 Å². The van der Waals surface area contributed by atoms with Crippen molar-refractivity contribution in [1.29, 1.82) is 0 Å². The number of unbranched alkanes of at least 4 members (excludes halogenated alkanes) is 3. The van der Waals surface area contributed by atoms with Crippen LogP contribution in [0.4, 0.5) is 5.69 Å². The van der Waals surface area contributed by atoms with Gasteiger partial charge >= 0.3 is 0 Å². The molecule has 0 saturated carbocycles. The number of nitrogens with zero attached hydrogens (tertiary/aromatic N) is 4. The van der Waals surface area contributed by atoms with Crippen LogP contribution in [0.15, 0.2) is 55.6 Å². The zero-order valence-corrected chi connectivity index (χ0v) is 25.9. The molecule has 5 atom stereocenters. The van der Waals surface area contributed by atoms with Crippen molar-refractivity contribution in [3.05, 3.63) is 55.6 Å². The van der Waals surface area contributed by atoms with E-state index < -0.39 is 29.6 Å². The van der Waals surface area contributed by atoms with E-state index in [2.05, 4.69) is 18.1 Å². The molecule has 10 nitrogen and oxygen atoms in total. The number of para-hydroxylation sites is 1. The van der Waals surface area contributed by atoms with Crippen LogP contribution in [0.25, 0.3) is 0 Å². The molecule has 4 saturated heterocycles. The summed E-state index contributed by atoms with van der Waals surface area (Å²) in [6.07, 6.45) is 7.29. The van der Waals surface area contributed by atoms with Gasteiger partial charge in [0, 0.05) is 58.1 Å². The molecule has 1 spiro atoms. The van der Waals surface area contributed by atoms with Gasteiger partial charge in [0.25, 0.3) is 0 Å². The van der Waals surface area contributed by atoms with Gasteiger partial charge in [0.05, 0.1) is 31.2 Å². The minimum absolute atomic E-state index is 0.135. The molecule has 4 fully saturated rings. The Morgan fingerprint density at radius 2 is 1.73 bits per heavy atom. The summed E-state index contributed by atoms with van der Waals surface area (Å²) in [4.78, 5) is 50.8. The second kappa shape index (κ2) is 14.8. The van der Waals surface area contributed by atoms with Gasteiger partial charge in [-0.3, -0.25) is 19.3 Å². The number of carbonyl (C=O) groups is 3. The van der Waals surface area contributed by atoms with Crippen LogP contribution in [0.3, 0.4) is 0 Å². The van der Waals surface area contributed by atoms with Crippen LogP contribution in [0.5, 0.6) is 0 Å². The first kappa shape index (κ1) is 32.3. The molecule has 1 N–H and O–H groups in total. The predicted molar refractivity (Wildman–Crippen MR) is 168 cm³/mol. The predicted octanol–water partition coefficient (Wildman–Crippen LogP) is 2.48. The fraction of sp³-hybridized carbons (Fsp3) is 0.618. The highest BCUT2D eigenvalue weighted by Gasteiger charge is 2.74. The number of likely N-dealkylation sites (tertiary alicyclic amines) is 1. The number of fused-ring (bicyclic) bond motifs is 1. The third-order valence-electron chi connectivity index (χ3n) is 9.72. The molecule has 4 aliphatic heterocycles. The molecule has 2 bridgehead atoms. The van der Waals surface area contributed by atoms with Gasteiger partial charge in [0.15, 0.2) is 0 Å². The zero-order valence-electron chi connectivity index (χ0n) is 25.9. The van der Waals surface area contributed by atoms with E-state index in [0.717, 1.165) is 31.6 Å². The molecule has 2 unspecified atom stereocenters. The fourth-order valence-electron chi connectivity index (χ4n) is 7.65. The first-order valence-corrected chi connectivity index (χ1v) is 16.2. The maximum atomic E-state index is 14.6. The Bertz CT molecular complexity index is 1170. The number of ether oxygens (including phenoxy) is 2. The number of amides is 3. The maximum Gasteiger partial charge on any atom is 0.248 e. The van der Waals surface area contributed by atoms with E-state index >= 15 is 0 Å². The third-order valence-corrected chi connectivity index (χ3v) is 9.72. The van der Waals surface area contributed by atoms with Gasteiger partial charge in [-0.1, -0.05) is 43.2 Å². The maximum absolute atomic E-state index is 14.6. The van der Waals surface area contributed by atoms with Crippen molar-refractivity contribution in [2.75, 3.05) is 70.5 Å². The van der Waals surface area contributed by atoms with Gasteiger partial charge in [0.2, 0.25) is 17.7 Å². The number of benzene rings is 1. The molecule has 4 aliphatic rings. The Morgan fingerprint density at radius 1 is 1.00 bits per heavy atom. The number of rotatable bonds is 16. The highest BCUT2D eigenvalue weighted by atomic mass is 16.5. The van der Waals surface area contributed by atoms with E-state index in [1.807, 2.05) is 30.3 Å². The number of aliphatic hydroxyl groups excluding tert-OH is 1. The smallest absolute Gasteiger partial charge is 0.248 e. The summed E-state index contributed by atoms with van der Waals surface area (Å²) in [5.74, 6) is -1.85. The fourth-order valence-corrected chi connectivity index (χ4v) is 7.65. The Morgan fingerprint density at radius 3 is 2.43 bits per heavy atom. The summed E-state index contributed by atoms with van der Waals surface area (Å²) in [7, 11) is 0. The number of hydrogen-bond donors (Lipinski definition) is 1. The largest absolute Gasteiger partial charge is 0.396 e. The molecule has 4 heterocycles. The average molecular weight is 609 g/mol. The van der Waals surface area contributed by atoms with Crippen LogP contribution >= 0.6 is 0 Å². The van der Waals surface area contributed by atoms with E-state index in [1.165, 1.54) is 0 Å². The van der Waals surface area contributed by atoms with Crippen molar-refractivity contribution >= 4 is 23.4 Å². The molecule has 240 valence electrons. The highest BCUT2D eigenvalue weighted by Crippen LogP contribution is 2.59. The number of anilines is 1. The van der Waals surface area contributed by atoms with Crippen molar-refractivity contribution in [2.24, 2.45) is 11.8 Å². The molecule has 10 heteroatoms. The van der Waals surface area contributed by atoms with Crippen molar-refractivity contribution < 1.29 is 29.0 Å². The topological polar surface area (TPSA) is 103 Å². The van der Waals surface area contributed by atoms with Crippen LogP contribution in [0, 0.1) is 11.8 Å². The number of morpholine rings is 1. The van der Waals surface area contributed by atoms with Gasteiger partial charge in [0.1, 0.15) is 11.6 Å². The minimum Gasteiger partial charge on any atom is -0.396 e.